The average Bonchev–Trinajstić information content (AvgIpc) is 3.13. The lowest BCUT2D eigenvalue weighted by molar-refractivity contribution is -0.385. The fraction of sp³-hybridized carbons (Fsp3) is 0.333. The van der Waals surface area contributed by atoms with Crippen LogP contribution in [-0.2, 0) is 26.2 Å². The number of nitrogens with zero attached hydrogens (tertiary/aromatic N) is 8. The highest BCUT2D eigenvalue weighted by Gasteiger charge is 2.19. The van der Waals surface area contributed by atoms with Crippen LogP contribution in [0.3, 0.4) is 0 Å². The minimum absolute atomic E-state index is 0.0271. The standard InChI is InChI=1S/C36H40N8O8/c45-41(46)33-9-1-29(2-10-33)25-37-17-19-38(26-30-3-11-34(12-4-30)42(47)48)21-23-40(28-32-7-15-36(16-8-32)44(51)52)24-22-39(20-18-37)27-31-5-13-35(14-6-31)43(49)50/h1-16H,17-28H2. The summed E-state index contributed by atoms with van der Waals surface area (Å²) in [7, 11) is 0. The molecular weight excluding hydrogens is 672 g/mol. The van der Waals surface area contributed by atoms with Gasteiger partial charge in [0.15, 0.2) is 0 Å². The maximum atomic E-state index is 11.2. The van der Waals surface area contributed by atoms with Crippen LogP contribution in [0.2, 0.25) is 0 Å². The molecule has 0 saturated carbocycles. The zero-order valence-corrected chi connectivity index (χ0v) is 28.6. The SMILES string of the molecule is O=[N+]([O-])c1ccc(CN2CCN(Cc3ccc([N+](=O)[O-])cc3)CCN(Cc3ccc([N+](=O)[O-])cc3)CCN(Cc3ccc([N+](=O)[O-])cc3)CC2)cc1. The van der Waals surface area contributed by atoms with Crippen molar-refractivity contribution in [1.82, 2.24) is 19.6 Å². The molecule has 5 rings (SSSR count). The molecule has 1 aliphatic rings. The van der Waals surface area contributed by atoms with Crippen LogP contribution in [0.15, 0.2) is 97.1 Å². The second-order valence-electron chi connectivity index (χ2n) is 12.8. The molecule has 16 nitrogen and oxygen atoms in total. The summed E-state index contributed by atoms with van der Waals surface area (Å²) < 4.78 is 0. The second-order valence-corrected chi connectivity index (χ2v) is 12.8. The van der Waals surface area contributed by atoms with E-state index in [2.05, 4.69) is 19.6 Å². The van der Waals surface area contributed by atoms with Crippen molar-refractivity contribution in [3.63, 3.8) is 0 Å². The van der Waals surface area contributed by atoms with Crippen molar-refractivity contribution in [2.45, 2.75) is 26.2 Å². The number of nitro benzene ring substituents is 4. The molecule has 52 heavy (non-hydrogen) atoms. The Morgan fingerprint density at radius 3 is 0.615 bits per heavy atom. The van der Waals surface area contributed by atoms with E-state index >= 15 is 0 Å². The molecule has 0 atom stereocenters. The van der Waals surface area contributed by atoms with Crippen molar-refractivity contribution in [2.75, 3.05) is 52.4 Å². The van der Waals surface area contributed by atoms with E-state index in [0.717, 1.165) is 22.3 Å². The third kappa shape index (κ3) is 11.2. The van der Waals surface area contributed by atoms with Gasteiger partial charge in [0.2, 0.25) is 0 Å². The van der Waals surface area contributed by atoms with Gasteiger partial charge in [-0.15, -0.1) is 0 Å². The molecule has 0 aliphatic carbocycles. The van der Waals surface area contributed by atoms with Crippen molar-refractivity contribution >= 4 is 22.7 Å². The van der Waals surface area contributed by atoms with Gasteiger partial charge in [0, 0.05) is 127 Å². The molecule has 1 saturated heterocycles. The summed E-state index contributed by atoms with van der Waals surface area (Å²) in [6.45, 7) is 7.71. The van der Waals surface area contributed by atoms with Gasteiger partial charge in [-0.2, -0.15) is 0 Å². The van der Waals surface area contributed by atoms with Crippen LogP contribution in [0, 0.1) is 40.5 Å². The quantitative estimate of drug-likeness (QED) is 0.130. The van der Waals surface area contributed by atoms with Gasteiger partial charge in [0.1, 0.15) is 0 Å². The summed E-state index contributed by atoms with van der Waals surface area (Å²) in [5, 5.41) is 45.0. The Bertz CT molecular complexity index is 1540. The van der Waals surface area contributed by atoms with Gasteiger partial charge in [-0.1, -0.05) is 48.5 Å². The van der Waals surface area contributed by atoms with Crippen LogP contribution in [-0.4, -0.2) is 91.7 Å². The number of rotatable bonds is 12. The summed E-state index contributed by atoms with van der Waals surface area (Å²) in [6.07, 6.45) is 0. The Morgan fingerprint density at radius 1 is 0.327 bits per heavy atom. The molecule has 0 aromatic heterocycles. The highest BCUT2D eigenvalue weighted by atomic mass is 16.6. The lowest BCUT2D eigenvalue weighted by atomic mass is 10.1. The number of benzene rings is 4. The molecule has 4 aromatic carbocycles. The Labute approximate surface area is 300 Å². The van der Waals surface area contributed by atoms with Crippen LogP contribution in [0.5, 0.6) is 0 Å². The van der Waals surface area contributed by atoms with Crippen molar-refractivity contribution in [1.29, 1.82) is 0 Å². The largest absolute Gasteiger partial charge is 0.297 e. The zero-order valence-electron chi connectivity index (χ0n) is 28.6. The molecule has 272 valence electrons. The molecule has 0 amide bonds. The lowest BCUT2D eigenvalue weighted by Crippen LogP contribution is -2.45. The van der Waals surface area contributed by atoms with Gasteiger partial charge in [0.25, 0.3) is 22.7 Å². The van der Waals surface area contributed by atoms with E-state index in [1.165, 1.54) is 48.5 Å². The average molecular weight is 713 g/mol. The molecule has 4 aromatic rings. The van der Waals surface area contributed by atoms with Crippen molar-refractivity contribution in [3.8, 4) is 0 Å². The highest BCUT2D eigenvalue weighted by Crippen LogP contribution is 2.19. The van der Waals surface area contributed by atoms with E-state index in [1.54, 1.807) is 48.5 Å². The van der Waals surface area contributed by atoms with Gasteiger partial charge in [-0.25, -0.2) is 0 Å². The van der Waals surface area contributed by atoms with E-state index < -0.39 is 19.7 Å². The Kier molecular flexibility index (Phi) is 13.0. The minimum atomic E-state index is -0.420. The van der Waals surface area contributed by atoms with E-state index in [0.29, 0.717) is 78.5 Å². The Morgan fingerprint density at radius 2 is 0.481 bits per heavy atom. The summed E-state index contributed by atoms with van der Waals surface area (Å²) >= 11 is 0. The van der Waals surface area contributed by atoms with Gasteiger partial charge < -0.3 is 0 Å². The highest BCUT2D eigenvalue weighted by molar-refractivity contribution is 5.35. The van der Waals surface area contributed by atoms with Crippen molar-refractivity contribution in [3.05, 3.63) is 160 Å². The second kappa shape index (κ2) is 18.0. The normalized spacial score (nSPS) is 15.7. The van der Waals surface area contributed by atoms with Crippen LogP contribution in [0.4, 0.5) is 22.7 Å². The summed E-state index contributed by atoms with van der Waals surface area (Å²) in [5.41, 5.74) is 3.87. The van der Waals surface area contributed by atoms with Crippen LogP contribution < -0.4 is 0 Å². The third-order valence-electron chi connectivity index (χ3n) is 9.14. The fourth-order valence-electron chi connectivity index (χ4n) is 6.14. The number of hydrogen-bond donors (Lipinski definition) is 0. The van der Waals surface area contributed by atoms with Gasteiger partial charge in [-0.3, -0.25) is 60.1 Å². The molecule has 0 N–H and O–H groups in total. The molecule has 1 fully saturated rings. The maximum absolute atomic E-state index is 11.2. The van der Waals surface area contributed by atoms with Crippen molar-refractivity contribution < 1.29 is 19.7 Å². The van der Waals surface area contributed by atoms with E-state index in [-0.39, 0.29) is 22.7 Å². The predicted octanol–water partition coefficient (Wildman–Crippen LogP) is 5.64. The number of hydrogen-bond acceptors (Lipinski definition) is 12. The molecular formula is C36H40N8O8. The fourth-order valence-corrected chi connectivity index (χ4v) is 6.14. The molecule has 0 unspecified atom stereocenters. The molecule has 0 spiro atoms. The summed E-state index contributed by atoms with van der Waals surface area (Å²) in [6, 6.07) is 26.2. The Balaban J connectivity index is 1.39. The van der Waals surface area contributed by atoms with E-state index in [9.17, 15) is 40.5 Å². The zero-order chi connectivity index (χ0) is 37.0. The molecule has 0 bridgehead atoms. The van der Waals surface area contributed by atoms with Crippen LogP contribution in [0.25, 0.3) is 0 Å². The minimum Gasteiger partial charge on any atom is -0.297 e. The molecule has 1 heterocycles. The first-order valence-electron chi connectivity index (χ1n) is 16.8. The lowest BCUT2D eigenvalue weighted by Gasteiger charge is -2.34. The predicted molar refractivity (Wildman–Crippen MR) is 193 cm³/mol. The van der Waals surface area contributed by atoms with Crippen molar-refractivity contribution in [2.24, 2.45) is 0 Å². The van der Waals surface area contributed by atoms with Gasteiger partial charge in [0.05, 0.1) is 19.7 Å². The smallest absolute Gasteiger partial charge is 0.269 e. The van der Waals surface area contributed by atoms with E-state index in [1.807, 2.05) is 0 Å². The monoisotopic (exact) mass is 712 g/mol. The molecule has 0 radical (unpaired) electrons. The summed E-state index contributed by atoms with van der Waals surface area (Å²) in [5.74, 6) is 0. The molecule has 16 heteroatoms. The Hall–Kier alpha value is -5.68. The maximum Gasteiger partial charge on any atom is 0.269 e. The third-order valence-corrected chi connectivity index (χ3v) is 9.14. The van der Waals surface area contributed by atoms with Gasteiger partial charge in [-0.05, 0) is 22.3 Å². The number of non-ortho nitro benzene ring substituents is 4. The van der Waals surface area contributed by atoms with Crippen LogP contribution in [0.1, 0.15) is 22.3 Å². The van der Waals surface area contributed by atoms with Crippen LogP contribution >= 0.6 is 0 Å². The topological polar surface area (TPSA) is 186 Å². The first kappa shape index (κ1) is 37.6. The first-order chi connectivity index (χ1) is 25.0. The van der Waals surface area contributed by atoms with E-state index in [4.69, 9.17) is 0 Å². The van der Waals surface area contributed by atoms with Gasteiger partial charge >= 0.3 is 0 Å². The molecule has 1 aliphatic heterocycles. The first-order valence-corrected chi connectivity index (χ1v) is 16.8. The summed E-state index contributed by atoms with van der Waals surface area (Å²) in [4.78, 5) is 52.5. The number of nitro groups is 4.